The fraction of sp³-hybridized carbons (Fsp3) is 0.136. The van der Waals surface area contributed by atoms with E-state index in [-0.39, 0.29) is 29.8 Å². The number of hydrogen-bond donors (Lipinski definition) is 3. The lowest BCUT2D eigenvalue weighted by Gasteiger charge is -2.33. The van der Waals surface area contributed by atoms with Gasteiger partial charge in [-0.3, -0.25) is 15.0 Å². The number of nitrogen functional groups attached to an aromatic ring is 1. The summed E-state index contributed by atoms with van der Waals surface area (Å²) in [5.41, 5.74) is 0.975. The molecule has 2 heterocycles. The average Bonchev–Trinajstić information content (AvgIpc) is 3.02. The Balaban J connectivity index is 1.74. The maximum Gasteiger partial charge on any atom is 0.330 e. The molecule has 0 aromatic heterocycles. The highest BCUT2D eigenvalue weighted by molar-refractivity contribution is 6.28. The molecule has 0 aliphatic carbocycles. The molecule has 1 spiro atoms. The van der Waals surface area contributed by atoms with Gasteiger partial charge in [-0.2, -0.15) is 0 Å². The van der Waals surface area contributed by atoms with Gasteiger partial charge < -0.3 is 10.1 Å². The van der Waals surface area contributed by atoms with Crippen molar-refractivity contribution >= 4 is 34.3 Å². The first-order chi connectivity index (χ1) is 15.0. The molecule has 156 valence electrons. The number of nitrogens with one attached hydrogen (secondary N) is 2. The van der Waals surface area contributed by atoms with Gasteiger partial charge in [-0.15, -0.1) is 0 Å². The first kappa shape index (κ1) is 19.0. The molecule has 4 N–H and O–H groups in total. The molecule has 2 aliphatic rings. The number of imide groups is 1. The second-order valence-corrected chi connectivity index (χ2v) is 7.37. The van der Waals surface area contributed by atoms with Crippen LogP contribution >= 0.6 is 0 Å². The Morgan fingerprint density at radius 2 is 1.97 bits per heavy atom. The minimum Gasteiger partial charge on any atom is -0.493 e. The van der Waals surface area contributed by atoms with Crippen molar-refractivity contribution in [2.45, 2.75) is 12.0 Å². The van der Waals surface area contributed by atoms with Crippen LogP contribution in [0.3, 0.4) is 0 Å². The lowest BCUT2D eigenvalue weighted by Crippen LogP contribution is -2.47. The van der Waals surface area contributed by atoms with Crippen LogP contribution in [0.25, 0.3) is 10.8 Å². The summed E-state index contributed by atoms with van der Waals surface area (Å²) in [4.78, 5) is 40.4. The van der Waals surface area contributed by atoms with Crippen molar-refractivity contribution in [2.75, 3.05) is 11.5 Å². The Morgan fingerprint density at radius 1 is 1.16 bits per heavy atom. The first-order valence-corrected chi connectivity index (χ1v) is 9.58. The van der Waals surface area contributed by atoms with E-state index < -0.39 is 29.2 Å². The van der Waals surface area contributed by atoms with E-state index in [1.165, 1.54) is 24.3 Å². The zero-order valence-electron chi connectivity index (χ0n) is 16.1. The molecule has 0 unspecified atom stereocenters. The van der Waals surface area contributed by atoms with E-state index in [1.54, 1.807) is 30.3 Å². The van der Waals surface area contributed by atoms with Crippen LogP contribution in [0.1, 0.15) is 22.3 Å². The van der Waals surface area contributed by atoms with Gasteiger partial charge in [0.15, 0.2) is 5.54 Å². The van der Waals surface area contributed by atoms with Crippen molar-refractivity contribution in [2.24, 2.45) is 5.84 Å². The molecule has 2 aliphatic heterocycles. The maximum atomic E-state index is 14.0. The van der Waals surface area contributed by atoms with Crippen molar-refractivity contribution in [3.63, 3.8) is 0 Å². The summed E-state index contributed by atoms with van der Waals surface area (Å²) in [7, 11) is 0. The first-order valence-electron chi connectivity index (χ1n) is 9.58. The molecule has 3 aromatic carbocycles. The van der Waals surface area contributed by atoms with E-state index in [0.717, 1.165) is 10.3 Å². The zero-order valence-corrected chi connectivity index (χ0v) is 16.1. The highest BCUT2D eigenvalue weighted by atomic mass is 19.1. The summed E-state index contributed by atoms with van der Waals surface area (Å²) in [5.74, 6) is 3.83. The van der Waals surface area contributed by atoms with Gasteiger partial charge in [-0.25, -0.2) is 19.9 Å². The minimum absolute atomic E-state index is 0.0632. The molecule has 0 bridgehead atoms. The summed E-state index contributed by atoms with van der Waals surface area (Å²) < 4.78 is 19.6. The van der Waals surface area contributed by atoms with Crippen molar-refractivity contribution in [3.05, 3.63) is 71.5 Å². The summed E-state index contributed by atoms with van der Waals surface area (Å²) in [5, 5.41) is 3.98. The molecule has 1 atom stereocenters. The van der Waals surface area contributed by atoms with E-state index in [4.69, 9.17) is 10.6 Å². The molecule has 9 heteroatoms. The lowest BCUT2D eigenvalue weighted by atomic mass is 9.84. The number of urea groups is 1. The minimum atomic E-state index is -1.50. The molecule has 5 rings (SSSR count). The van der Waals surface area contributed by atoms with Crippen LogP contribution < -0.4 is 26.2 Å². The molecule has 1 saturated heterocycles. The largest absolute Gasteiger partial charge is 0.493 e. The highest BCUT2D eigenvalue weighted by Gasteiger charge is 2.56. The van der Waals surface area contributed by atoms with Crippen molar-refractivity contribution in [3.8, 4) is 5.75 Å². The van der Waals surface area contributed by atoms with Gasteiger partial charge in [0, 0.05) is 17.4 Å². The molecular weight excluding hydrogens is 403 g/mol. The molecular formula is C22H17FN4O4. The number of benzene rings is 3. The molecule has 4 amide bonds. The molecule has 0 saturated carbocycles. The number of ether oxygens (including phenoxy) is 1. The number of fused-ring (bicyclic) bond motifs is 3. The van der Waals surface area contributed by atoms with Gasteiger partial charge in [-0.05, 0) is 29.7 Å². The molecule has 3 aromatic rings. The normalized spacial score (nSPS) is 19.9. The van der Waals surface area contributed by atoms with Crippen molar-refractivity contribution in [1.29, 1.82) is 0 Å². The van der Waals surface area contributed by atoms with Gasteiger partial charge in [-0.1, -0.05) is 30.3 Å². The predicted octanol–water partition coefficient (Wildman–Crippen LogP) is 2.32. The third-order valence-corrected chi connectivity index (χ3v) is 5.73. The number of hydrogen-bond acceptors (Lipinski definition) is 5. The smallest absolute Gasteiger partial charge is 0.330 e. The molecule has 1 fully saturated rings. The molecule has 31 heavy (non-hydrogen) atoms. The van der Waals surface area contributed by atoms with Crippen LogP contribution in [-0.4, -0.2) is 24.5 Å². The zero-order chi connectivity index (χ0) is 21.8. The van der Waals surface area contributed by atoms with Crippen molar-refractivity contribution in [1.82, 2.24) is 10.7 Å². The Bertz CT molecular complexity index is 1280. The number of nitrogens with zero attached hydrogens (tertiary/aromatic N) is 1. The summed E-state index contributed by atoms with van der Waals surface area (Å²) in [6.45, 7) is 0.157. The Labute approximate surface area is 175 Å². The van der Waals surface area contributed by atoms with Crippen LogP contribution in [0.15, 0.2) is 54.6 Å². The Morgan fingerprint density at radius 3 is 2.77 bits per heavy atom. The second kappa shape index (κ2) is 6.78. The number of amides is 4. The highest BCUT2D eigenvalue weighted by Crippen LogP contribution is 2.44. The molecule has 8 nitrogen and oxygen atoms in total. The SMILES string of the molecule is NNC(=O)c1ccc2ccccc2c1N1C(=O)N[C@]2(CCOc3ccc(F)cc32)C1=O. The monoisotopic (exact) mass is 420 g/mol. The second-order valence-electron chi connectivity index (χ2n) is 7.37. The van der Waals surface area contributed by atoms with Crippen molar-refractivity contribution < 1.29 is 23.5 Å². The maximum absolute atomic E-state index is 14.0. The van der Waals surface area contributed by atoms with Crippen LogP contribution in [0.2, 0.25) is 0 Å². The van der Waals surface area contributed by atoms with E-state index in [0.29, 0.717) is 11.1 Å². The van der Waals surface area contributed by atoms with E-state index >= 15 is 0 Å². The van der Waals surface area contributed by atoms with Gasteiger partial charge in [0.05, 0.1) is 17.9 Å². The van der Waals surface area contributed by atoms with E-state index in [1.807, 2.05) is 0 Å². The van der Waals surface area contributed by atoms with Gasteiger partial charge in [0.2, 0.25) is 0 Å². The summed E-state index contributed by atoms with van der Waals surface area (Å²) in [6, 6.07) is 13.4. The molecule has 0 radical (unpaired) electrons. The number of halogens is 1. The van der Waals surface area contributed by atoms with Crippen LogP contribution in [0.4, 0.5) is 14.9 Å². The third-order valence-electron chi connectivity index (χ3n) is 5.73. The summed E-state index contributed by atoms with van der Waals surface area (Å²) in [6.07, 6.45) is 0.119. The fourth-order valence-corrected chi connectivity index (χ4v) is 4.30. The topological polar surface area (TPSA) is 114 Å². The quantitative estimate of drug-likeness (QED) is 0.255. The van der Waals surface area contributed by atoms with Crippen LogP contribution in [-0.2, 0) is 10.3 Å². The predicted molar refractivity (Wildman–Crippen MR) is 110 cm³/mol. The number of rotatable bonds is 2. The van der Waals surface area contributed by atoms with Gasteiger partial charge in [0.25, 0.3) is 11.8 Å². The lowest BCUT2D eigenvalue weighted by molar-refractivity contribution is -0.123. The average molecular weight is 420 g/mol. The van der Waals surface area contributed by atoms with Gasteiger partial charge >= 0.3 is 6.03 Å². The standard InChI is InChI=1S/C22H17FN4O4/c23-13-6-8-17-16(11-13)22(9-10-31-17)20(29)27(21(30)25-22)18-14-4-2-1-3-12(14)5-7-15(18)19(28)26-24/h1-8,11H,9-10,24H2,(H,25,30)(H,26,28)/t22-/m0/s1. The van der Waals surface area contributed by atoms with Gasteiger partial charge in [0.1, 0.15) is 11.6 Å². The van der Waals surface area contributed by atoms with E-state index in [2.05, 4.69) is 10.7 Å². The summed E-state index contributed by atoms with van der Waals surface area (Å²) >= 11 is 0. The Hall–Kier alpha value is -3.98. The fourth-order valence-electron chi connectivity index (χ4n) is 4.30. The van der Waals surface area contributed by atoms with Crippen LogP contribution in [0, 0.1) is 5.82 Å². The number of carbonyl (C=O) groups excluding carboxylic acids is 3. The van der Waals surface area contributed by atoms with Crippen LogP contribution in [0.5, 0.6) is 5.75 Å². The number of carbonyl (C=O) groups is 3. The number of hydrazine groups is 1. The van der Waals surface area contributed by atoms with E-state index in [9.17, 15) is 18.8 Å². The number of anilines is 1. The Kier molecular flexibility index (Phi) is 4.16. The number of nitrogens with two attached hydrogens (primary N) is 1. The third kappa shape index (κ3) is 2.67.